The zero-order valence-electron chi connectivity index (χ0n) is 24.4. The van der Waals surface area contributed by atoms with Crippen LogP contribution < -0.4 is 14.4 Å². The standard InChI is InChI=1S/C31H37Cl2N3O5S/c1-6-27(31(38)34-18-21(2)3)35(19-23-9-11-24(32)12-10-23)30(37)20-36(28-17-25(33)13-16-29(28)41-5)42(39,40)26-14-7-22(4)8-15-26/h7-17,21,27H,6,18-20H2,1-5H3,(H,34,38). The van der Waals surface area contributed by atoms with Crippen LogP contribution in [0.15, 0.2) is 71.6 Å². The number of ether oxygens (including phenoxy) is 1. The monoisotopic (exact) mass is 633 g/mol. The quantitative estimate of drug-likeness (QED) is 0.246. The Morgan fingerprint density at radius 1 is 0.952 bits per heavy atom. The van der Waals surface area contributed by atoms with E-state index in [-0.39, 0.29) is 39.7 Å². The first-order valence-electron chi connectivity index (χ1n) is 13.6. The highest BCUT2D eigenvalue weighted by Crippen LogP contribution is 2.35. The summed E-state index contributed by atoms with van der Waals surface area (Å²) in [6.07, 6.45) is 0.314. The van der Waals surface area contributed by atoms with Gasteiger partial charge < -0.3 is 15.0 Å². The lowest BCUT2D eigenvalue weighted by molar-refractivity contribution is -0.140. The number of nitrogens with one attached hydrogen (secondary N) is 1. The number of carbonyl (C=O) groups excluding carboxylic acids is 2. The van der Waals surface area contributed by atoms with Crippen molar-refractivity contribution in [2.45, 2.75) is 51.6 Å². The molecular formula is C31H37Cl2N3O5S. The predicted octanol–water partition coefficient (Wildman–Crippen LogP) is 6.09. The summed E-state index contributed by atoms with van der Waals surface area (Å²) in [5.41, 5.74) is 1.71. The van der Waals surface area contributed by atoms with Gasteiger partial charge in [0.2, 0.25) is 11.8 Å². The van der Waals surface area contributed by atoms with Crippen LogP contribution in [-0.2, 0) is 26.2 Å². The minimum Gasteiger partial charge on any atom is -0.495 e. The average Bonchev–Trinajstić information content (AvgIpc) is 2.95. The first-order chi connectivity index (χ1) is 19.9. The van der Waals surface area contributed by atoms with Crippen LogP contribution in [0.1, 0.15) is 38.3 Å². The molecule has 42 heavy (non-hydrogen) atoms. The van der Waals surface area contributed by atoms with Gasteiger partial charge in [-0.25, -0.2) is 8.42 Å². The van der Waals surface area contributed by atoms with E-state index in [4.69, 9.17) is 27.9 Å². The van der Waals surface area contributed by atoms with E-state index >= 15 is 0 Å². The van der Waals surface area contributed by atoms with E-state index in [0.29, 0.717) is 18.0 Å². The van der Waals surface area contributed by atoms with Gasteiger partial charge >= 0.3 is 0 Å². The number of benzene rings is 3. The summed E-state index contributed by atoms with van der Waals surface area (Å²) in [4.78, 5) is 28.9. The van der Waals surface area contributed by atoms with Gasteiger partial charge in [0.1, 0.15) is 18.3 Å². The molecule has 0 saturated carbocycles. The van der Waals surface area contributed by atoms with Gasteiger partial charge in [0.25, 0.3) is 10.0 Å². The molecule has 0 aliphatic carbocycles. The molecule has 2 amide bonds. The van der Waals surface area contributed by atoms with Crippen LogP contribution in [-0.4, -0.2) is 51.4 Å². The highest BCUT2D eigenvalue weighted by atomic mass is 35.5. The molecule has 3 rings (SSSR count). The van der Waals surface area contributed by atoms with Crippen LogP contribution in [0.3, 0.4) is 0 Å². The first kappa shape index (κ1) is 33.2. The molecule has 3 aromatic rings. The number of rotatable bonds is 13. The molecule has 0 bridgehead atoms. The fourth-order valence-electron chi connectivity index (χ4n) is 4.34. The van der Waals surface area contributed by atoms with Gasteiger partial charge in [0.15, 0.2) is 0 Å². The molecule has 0 spiro atoms. The van der Waals surface area contributed by atoms with Crippen LogP contribution in [0.25, 0.3) is 0 Å². The lowest BCUT2D eigenvalue weighted by Crippen LogP contribution is -2.52. The number of sulfonamides is 1. The zero-order chi connectivity index (χ0) is 31.0. The van der Waals surface area contributed by atoms with Crippen molar-refractivity contribution in [1.82, 2.24) is 10.2 Å². The lowest BCUT2D eigenvalue weighted by atomic mass is 10.1. The van der Waals surface area contributed by atoms with E-state index < -0.39 is 28.5 Å². The van der Waals surface area contributed by atoms with Gasteiger partial charge in [0.05, 0.1) is 17.7 Å². The molecule has 1 unspecified atom stereocenters. The smallest absolute Gasteiger partial charge is 0.264 e. The first-order valence-corrected chi connectivity index (χ1v) is 15.8. The lowest BCUT2D eigenvalue weighted by Gasteiger charge is -2.33. The van der Waals surface area contributed by atoms with Crippen molar-refractivity contribution in [2.24, 2.45) is 5.92 Å². The number of hydrogen-bond acceptors (Lipinski definition) is 5. The van der Waals surface area contributed by atoms with Crippen molar-refractivity contribution in [1.29, 1.82) is 0 Å². The summed E-state index contributed by atoms with van der Waals surface area (Å²) >= 11 is 12.4. The molecule has 0 aliphatic rings. The molecular weight excluding hydrogens is 597 g/mol. The molecule has 0 aliphatic heterocycles. The maximum atomic E-state index is 14.2. The summed E-state index contributed by atoms with van der Waals surface area (Å²) in [6.45, 7) is 7.51. The Kier molecular flexibility index (Phi) is 11.7. The number of hydrogen-bond donors (Lipinski definition) is 1. The third-order valence-corrected chi connectivity index (χ3v) is 8.90. The molecule has 0 fully saturated rings. The van der Waals surface area contributed by atoms with Gasteiger partial charge in [-0.1, -0.05) is 73.8 Å². The Morgan fingerprint density at radius 3 is 2.14 bits per heavy atom. The van der Waals surface area contributed by atoms with Crippen molar-refractivity contribution in [3.8, 4) is 5.75 Å². The molecule has 0 aromatic heterocycles. The molecule has 226 valence electrons. The van der Waals surface area contributed by atoms with E-state index in [1.54, 1.807) is 48.5 Å². The van der Waals surface area contributed by atoms with Gasteiger partial charge in [-0.2, -0.15) is 0 Å². The third-order valence-electron chi connectivity index (χ3n) is 6.63. The van der Waals surface area contributed by atoms with Crippen molar-refractivity contribution in [3.63, 3.8) is 0 Å². The molecule has 0 heterocycles. The van der Waals surface area contributed by atoms with Crippen LogP contribution in [0, 0.1) is 12.8 Å². The van der Waals surface area contributed by atoms with E-state index in [1.165, 1.54) is 30.2 Å². The SMILES string of the molecule is CCC(C(=O)NCC(C)C)N(Cc1ccc(Cl)cc1)C(=O)CN(c1cc(Cl)ccc1OC)S(=O)(=O)c1ccc(C)cc1. The molecule has 11 heteroatoms. The summed E-state index contributed by atoms with van der Waals surface area (Å²) in [7, 11) is -2.87. The second-order valence-corrected chi connectivity index (χ2v) is 13.1. The summed E-state index contributed by atoms with van der Waals surface area (Å²) < 4.78 is 34.6. The minimum absolute atomic E-state index is 0.00565. The number of nitrogens with zero attached hydrogens (tertiary/aromatic N) is 2. The van der Waals surface area contributed by atoms with Crippen molar-refractivity contribution in [2.75, 3.05) is 24.5 Å². The Morgan fingerprint density at radius 2 is 1.57 bits per heavy atom. The van der Waals surface area contributed by atoms with Crippen molar-refractivity contribution < 1.29 is 22.7 Å². The minimum atomic E-state index is -4.27. The van der Waals surface area contributed by atoms with Crippen LogP contribution in [0.2, 0.25) is 10.0 Å². The van der Waals surface area contributed by atoms with Gasteiger partial charge in [-0.15, -0.1) is 0 Å². The molecule has 1 N–H and O–H groups in total. The number of carbonyl (C=O) groups is 2. The summed E-state index contributed by atoms with van der Waals surface area (Å²) in [5, 5.41) is 3.71. The number of anilines is 1. The van der Waals surface area contributed by atoms with E-state index in [0.717, 1.165) is 15.4 Å². The van der Waals surface area contributed by atoms with Gasteiger partial charge in [-0.3, -0.25) is 13.9 Å². The highest BCUT2D eigenvalue weighted by molar-refractivity contribution is 7.92. The number of aryl methyl sites for hydroxylation is 1. The average molecular weight is 635 g/mol. The van der Waals surface area contributed by atoms with Crippen LogP contribution in [0.4, 0.5) is 5.69 Å². The Hall–Kier alpha value is -3.27. The third kappa shape index (κ3) is 8.40. The molecule has 0 saturated heterocycles. The van der Waals surface area contributed by atoms with E-state index in [2.05, 4.69) is 5.32 Å². The fourth-order valence-corrected chi connectivity index (χ4v) is 6.05. The normalized spacial score (nSPS) is 12.1. The maximum Gasteiger partial charge on any atom is 0.264 e. The Labute approximate surface area is 258 Å². The molecule has 1 atom stereocenters. The molecule has 3 aromatic carbocycles. The topological polar surface area (TPSA) is 96.0 Å². The van der Waals surface area contributed by atoms with Crippen molar-refractivity contribution in [3.05, 3.63) is 87.9 Å². The molecule has 0 radical (unpaired) electrons. The zero-order valence-corrected chi connectivity index (χ0v) is 26.8. The number of halogens is 2. The van der Waals surface area contributed by atoms with E-state index in [1.807, 2.05) is 27.7 Å². The van der Waals surface area contributed by atoms with Crippen LogP contribution >= 0.6 is 23.2 Å². The maximum absolute atomic E-state index is 14.2. The van der Waals surface area contributed by atoms with Crippen LogP contribution in [0.5, 0.6) is 5.75 Å². The van der Waals surface area contributed by atoms with E-state index in [9.17, 15) is 18.0 Å². The van der Waals surface area contributed by atoms with Gasteiger partial charge in [0, 0.05) is 23.1 Å². The number of methoxy groups -OCH3 is 1. The molecule has 8 nitrogen and oxygen atoms in total. The second kappa shape index (κ2) is 14.8. The highest BCUT2D eigenvalue weighted by Gasteiger charge is 2.35. The Bertz CT molecular complexity index is 1480. The summed E-state index contributed by atoms with van der Waals surface area (Å²) in [5.74, 6) is -0.470. The van der Waals surface area contributed by atoms with Gasteiger partial charge in [-0.05, 0) is 67.3 Å². The number of amides is 2. The fraction of sp³-hybridized carbons (Fsp3) is 0.355. The largest absolute Gasteiger partial charge is 0.495 e. The second-order valence-electron chi connectivity index (χ2n) is 10.4. The summed E-state index contributed by atoms with van der Waals surface area (Å²) in [6, 6.07) is 17.0. The van der Waals surface area contributed by atoms with Crippen molar-refractivity contribution >= 4 is 50.7 Å². The Balaban J connectivity index is 2.11. The predicted molar refractivity (Wildman–Crippen MR) is 168 cm³/mol.